The first-order valence-electron chi connectivity index (χ1n) is 7.77. The predicted molar refractivity (Wildman–Crippen MR) is 94.0 cm³/mol. The van der Waals surface area contributed by atoms with Crippen molar-refractivity contribution in [2.45, 2.75) is 42.9 Å². The first-order valence-corrected chi connectivity index (χ1v) is 8.65. The topological polar surface area (TPSA) is 29.1 Å². The van der Waals surface area contributed by atoms with Gasteiger partial charge in [0.2, 0.25) is 5.91 Å². The minimum absolute atomic E-state index is 0.0843. The summed E-state index contributed by atoms with van der Waals surface area (Å²) in [6.45, 7) is 4.20. The minimum atomic E-state index is -0.220. The third kappa shape index (κ3) is 4.92. The van der Waals surface area contributed by atoms with Crippen LogP contribution in [0.2, 0.25) is 0 Å². The Bertz CT molecular complexity index is 571. The maximum absolute atomic E-state index is 12.7. The summed E-state index contributed by atoms with van der Waals surface area (Å²) in [5.74, 6) is 0.0843. The molecule has 1 amide bonds. The number of hydrogen-bond acceptors (Lipinski definition) is 2. The normalized spacial score (nSPS) is 13.4. The molecule has 0 heterocycles. The van der Waals surface area contributed by atoms with Crippen molar-refractivity contribution in [1.29, 1.82) is 0 Å². The Balaban J connectivity index is 2.16. The van der Waals surface area contributed by atoms with Crippen LogP contribution in [0.1, 0.15) is 37.5 Å². The third-order valence-electron chi connectivity index (χ3n) is 3.45. The monoisotopic (exact) mass is 313 g/mol. The molecule has 0 saturated heterocycles. The molecule has 1 N–H and O–H groups in total. The first-order chi connectivity index (χ1) is 10.7. The van der Waals surface area contributed by atoms with Crippen molar-refractivity contribution in [3.8, 4) is 0 Å². The molecule has 22 heavy (non-hydrogen) atoms. The van der Waals surface area contributed by atoms with Gasteiger partial charge in [0.1, 0.15) is 5.25 Å². The van der Waals surface area contributed by atoms with Crippen LogP contribution in [0.4, 0.5) is 0 Å². The van der Waals surface area contributed by atoms with E-state index < -0.39 is 0 Å². The van der Waals surface area contributed by atoms with Crippen LogP contribution < -0.4 is 5.32 Å². The number of rotatable bonds is 7. The molecule has 0 saturated carbocycles. The second kappa shape index (κ2) is 8.64. The smallest absolute Gasteiger partial charge is 0.238 e. The largest absolute Gasteiger partial charge is 0.352 e. The van der Waals surface area contributed by atoms with Crippen molar-refractivity contribution in [3.63, 3.8) is 0 Å². The van der Waals surface area contributed by atoms with Gasteiger partial charge in [-0.2, -0.15) is 0 Å². The Labute approximate surface area is 137 Å². The number of carbonyl (C=O) groups excluding carboxylic acids is 1. The van der Waals surface area contributed by atoms with Crippen LogP contribution in [-0.4, -0.2) is 11.9 Å². The van der Waals surface area contributed by atoms with E-state index in [0.29, 0.717) is 0 Å². The van der Waals surface area contributed by atoms with Crippen molar-refractivity contribution in [2.75, 3.05) is 0 Å². The van der Waals surface area contributed by atoms with Gasteiger partial charge in [-0.05, 0) is 31.0 Å². The van der Waals surface area contributed by atoms with Gasteiger partial charge in [0.15, 0.2) is 0 Å². The molecule has 0 aromatic heterocycles. The molecule has 0 aliphatic rings. The van der Waals surface area contributed by atoms with Gasteiger partial charge < -0.3 is 5.32 Å². The van der Waals surface area contributed by atoms with Crippen LogP contribution in [0.3, 0.4) is 0 Å². The Hall–Kier alpha value is -1.74. The molecule has 0 fully saturated rings. The van der Waals surface area contributed by atoms with Gasteiger partial charge in [-0.15, -0.1) is 11.8 Å². The van der Waals surface area contributed by atoms with E-state index in [0.717, 1.165) is 23.3 Å². The second-order valence-electron chi connectivity index (χ2n) is 5.42. The fourth-order valence-corrected chi connectivity index (χ4v) is 3.41. The molecular formula is C19H23NOS. The average molecular weight is 313 g/mol. The Kier molecular flexibility index (Phi) is 6.53. The van der Waals surface area contributed by atoms with Crippen LogP contribution in [-0.2, 0) is 4.79 Å². The lowest BCUT2D eigenvalue weighted by Crippen LogP contribution is -2.35. The van der Waals surface area contributed by atoms with E-state index in [1.807, 2.05) is 60.7 Å². The predicted octanol–water partition coefficient (Wildman–Crippen LogP) is 4.82. The molecule has 2 nitrogen and oxygen atoms in total. The lowest BCUT2D eigenvalue weighted by molar-refractivity contribution is -0.121. The van der Waals surface area contributed by atoms with E-state index in [-0.39, 0.29) is 17.2 Å². The zero-order valence-electron chi connectivity index (χ0n) is 13.2. The highest BCUT2D eigenvalue weighted by atomic mass is 32.2. The summed E-state index contributed by atoms with van der Waals surface area (Å²) in [6.07, 6.45) is 2.08. The zero-order valence-corrected chi connectivity index (χ0v) is 14.0. The van der Waals surface area contributed by atoms with E-state index in [1.165, 1.54) is 0 Å². The third-order valence-corrected chi connectivity index (χ3v) is 4.71. The zero-order chi connectivity index (χ0) is 15.8. The van der Waals surface area contributed by atoms with Gasteiger partial charge in [0, 0.05) is 10.9 Å². The summed E-state index contributed by atoms with van der Waals surface area (Å²) in [5, 5.41) is 2.92. The number of benzene rings is 2. The second-order valence-corrected chi connectivity index (χ2v) is 6.60. The fourth-order valence-electron chi connectivity index (χ4n) is 2.36. The van der Waals surface area contributed by atoms with E-state index in [1.54, 1.807) is 11.8 Å². The van der Waals surface area contributed by atoms with Crippen molar-refractivity contribution < 1.29 is 4.79 Å². The summed E-state index contributed by atoms with van der Waals surface area (Å²) in [5.41, 5.74) is 1.04. The highest BCUT2D eigenvalue weighted by Crippen LogP contribution is 2.35. The van der Waals surface area contributed by atoms with Gasteiger partial charge in [0.05, 0.1) is 0 Å². The molecule has 2 unspecified atom stereocenters. The Morgan fingerprint density at radius 2 is 1.64 bits per heavy atom. The SMILES string of the molecule is CCCC(C)NC(=O)C(Sc1ccccc1)c1ccccc1. The minimum Gasteiger partial charge on any atom is -0.352 e. The lowest BCUT2D eigenvalue weighted by atomic mass is 10.1. The van der Waals surface area contributed by atoms with E-state index >= 15 is 0 Å². The molecule has 3 heteroatoms. The van der Waals surface area contributed by atoms with Crippen LogP contribution in [0, 0.1) is 0 Å². The summed E-state index contributed by atoms with van der Waals surface area (Å²) >= 11 is 1.60. The molecular weight excluding hydrogens is 290 g/mol. The van der Waals surface area contributed by atoms with Crippen LogP contribution >= 0.6 is 11.8 Å². The molecule has 116 valence electrons. The van der Waals surface area contributed by atoms with Crippen molar-refractivity contribution in [2.24, 2.45) is 0 Å². The van der Waals surface area contributed by atoms with E-state index in [9.17, 15) is 4.79 Å². The molecule has 0 bridgehead atoms. The molecule has 0 radical (unpaired) electrons. The molecule has 2 atom stereocenters. The molecule has 2 rings (SSSR count). The number of hydrogen-bond donors (Lipinski definition) is 1. The summed E-state index contributed by atoms with van der Waals surface area (Å²) in [7, 11) is 0. The summed E-state index contributed by atoms with van der Waals surface area (Å²) in [6, 6.07) is 20.3. The number of thioether (sulfide) groups is 1. The molecule has 0 spiro atoms. The Morgan fingerprint density at radius 3 is 2.23 bits per heavy atom. The quantitative estimate of drug-likeness (QED) is 0.742. The molecule has 0 aliphatic carbocycles. The fraction of sp³-hybridized carbons (Fsp3) is 0.316. The van der Waals surface area contributed by atoms with Crippen LogP contribution in [0.25, 0.3) is 0 Å². The van der Waals surface area contributed by atoms with Crippen molar-refractivity contribution in [1.82, 2.24) is 5.32 Å². The van der Waals surface area contributed by atoms with Crippen LogP contribution in [0.5, 0.6) is 0 Å². The van der Waals surface area contributed by atoms with E-state index in [4.69, 9.17) is 0 Å². The van der Waals surface area contributed by atoms with Gasteiger partial charge in [-0.3, -0.25) is 4.79 Å². The van der Waals surface area contributed by atoms with Crippen LogP contribution in [0.15, 0.2) is 65.6 Å². The highest BCUT2D eigenvalue weighted by Gasteiger charge is 2.22. The Morgan fingerprint density at radius 1 is 1.05 bits per heavy atom. The van der Waals surface area contributed by atoms with Gasteiger partial charge in [0.25, 0.3) is 0 Å². The van der Waals surface area contributed by atoms with Crippen molar-refractivity contribution >= 4 is 17.7 Å². The maximum Gasteiger partial charge on any atom is 0.238 e. The molecule has 2 aromatic rings. The van der Waals surface area contributed by atoms with Crippen molar-refractivity contribution in [3.05, 3.63) is 66.2 Å². The maximum atomic E-state index is 12.7. The number of carbonyl (C=O) groups is 1. The van der Waals surface area contributed by atoms with Gasteiger partial charge in [-0.1, -0.05) is 61.9 Å². The van der Waals surface area contributed by atoms with E-state index in [2.05, 4.69) is 19.2 Å². The first kappa shape index (κ1) is 16.6. The molecule has 2 aromatic carbocycles. The number of nitrogens with one attached hydrogen (secondary N) is 1. The van der Waals surface area contributed by atoms with Gasteiger partial charge in [-0.25, -0.2) is 0 Å². The number of amides is 1. The lowest BCUT2D eigenvalue weighted by Gasteiger charge is -2.20. The standard InChI is InChI=1S/C19H23NOS/c1-3-10-15(2)20-19(21)18(16-11-6-4-7-12-16)22-17-13-8-5-9-14-17/h4-9,11-15,18H,3,10H2,1-2H3,(H,20,21). The summed E-state index contributed by atoms with van der Waals surface area (Å²) < 4.78 is 0. The highest BCUT2D eigenvalue weighted by molar-refractivity contribution is 8.00. The van der Waals surface area contributed by atoms with Gasteiger partial charge >= 0.3 is 0 Å². The average Bonchev–Trinajstić information content (AvgIpc) is 2.54. The molecule has 0 aliphatic heterocycles. The summed E-state index contributed by atoms with van der Waals surface area (Å²) in [4.78, 5) is 13.8.